The van der Waals surface area contributed by atoms with Crippen molar-refractivity contribution in [2.45, 2.75) is 13.5 Å². The van der Waals surface area contributed by atoms with Gasteiger partial charge in [-0.05, 0) is 24.6 Å². The van der Waals surface area contributed by atoms with Crippen molar-refractivity contribution in [2.24, 2.45) is 0 Å². The van der Waals surface area contributed by atoms with Gasteiger partial charge in [0, 0.05) is 0 Å². The fraction of sp³-hybridized carbons (Fsp3) is 0.125. The summed E-state index contributed by atoms with van der Waals surface area (Å²) in [5.41, 5.74) is 4.48. The van der Waals surface area contributed by atoms with E-state index in [4.69, 9.17) is 0 Å². The molecule has 0 saturated heterocycles. The minimum absolute atomic E-state index is 0.731. The molecule has 3 aromatic rings. The summed E-state index contributed by atoms with van der Waals surface area (Å²) in [6, 6.07) is 16.5. The van der Waals surface area contributed by atoms with E-state index in [9.17, 15) is 0 Å². The van der Waals surface area contributed by atoms with Gasteiger partial charge in [0.05, 0.1) is 12.1 Å². The molecule has 3 rings (SSSR count). The minimum Gasteiger partial charge on any atom is -0.241 e. The number of para-hydroxylation sites is 1. The monoisotopic (exact) mass is 249 g/mol. The molecule has 2 aromatic carbocycles. The van der Waals surface area contributed by atoms with Crippen molar-refractivity contribution in [3.05, 3.63) is 65.7 Å². The number of aromatic nitrogens is 3. The van der Waals surface area contributed by atoms with Crippen molar-refractivity contribution in [3.63, 3.8) is 0 Å². The van der Waals surface area contributed by atoms with Crippen LogP contribution in [0.25, 0.3) is 17.1 Å². The van der Waals surface area contributed by atoms with Crippen LogP contribution in [0.1, 0.15) is 11.1 Å². The molecular weight excluding hydrogens is 234 g/mol. The summed E-state index contributed by atoms with van der Waals surface area (Å²) in [6.07, 6.45) is 4.21. The zero-order chi connectivity index (χ0) is 13.1. The van der Waals surface area contributed by atoms with E-state index in [-0.39, 0.29) is 0 Å². The van der Waals surface area contributed by atoms with E-state index < -0.39 is 0 Å². The summed E-state index contributed by atoms with van der Waals surface area (Å²) in [5, 5.41) is 8.29. The van der Waals surface area contributed by atoms with E-state index >= 15 is 0 Å². The summed E-state index contributed by atoms with van der Waals surface area (Å²) in [4.78, 5) is 0. The molecule has 94 valence electrons. The average Bonchev–Trinajstić information content (AvgIpc) is 2.85. The second-order valence-corrected chi connectivity index (χ2v) is 4.57. The predicted octanol–water partition coefficient (Wildman–Crippen LogP) is 3.45. The Morgan fingerprint density at radius 3 is 2.68 bits per heavy atom. The lowest BCUT2D eigenvalue weighted by Gasteiger charge is -1.97. The highest BCUT2D eigenvalue weighted by molar-refractivity contribution is 5.73. The van der Waals surface area contributed by atoms with Crippen molar-refractivity contribution in [1.29, 1.82) is 0 Å². The molecule has 0 spiro atoms. The summed E-state index contributed by atoms with van der Waals surface area (Å²) >= 11 is 0. The first-order valence-corrected chi connectivity index (χ1v) is 6.34. The predicted molar refractivity (Wildman–Crippen MR) is 77.7 cm³/mol. The molecule has 0 radical (unpaired) electrons. The number of rotatable bonds is 3. The van der Waals surface area contributed by atoms with Gasteiger partial charge in [-0.2, -0.15) is 0 Å². The van der Waals surface area contributed by atoms with Crippen LogP contribution in [0.2, 0.25) is 0 Å². The van der Waals surface area contributed by atoms with Gasteiger partial charge in [0.1, 0.15) is 5.52 Å². The topological polar surface area (TPSA) is 30.7 Å². The molecule has 0 aliphatic heterocycles. The molecule has 19 heavy (non-hydrogen) atoms. The average molecular weight is 249 g/mol. The second-order valence-electron chi connectivity index (χ2n) is 4.57. The highest BCUT2D eigenvalue weighted by atomic mass is 15.4. The maximum absolute atomic E-state index is 4.16. The Balaban J connectivity index is 1.77. The van der Waals surface area contributed by atoms with Gasteiger partial charge < -0.3 is 0 Å². The van der Waals surface area contributed by atoms with Gasteiger partial charge in [0.25, 0.3) is 0 Å². The zero-order valence-electron chi connectivity index (χ0n) is 10.8. The van der Waals surface area contributed by atoms with Gasteiger partial charge >= 0.3 is 0 Å². The number of hydrogen-bond acceptors (Lipinski definition) is 2. The quantitative estimate of drug-likeness (QED) is 0.711. The molecule has 0 saturated carbocycles. The maximum Gasteiger partial charge on any atom is 0.113 e. The Morgan fingerprint density at radius 1 is 1.05 bits per heavy atom. The first kappa shape index (κ1) is 11.7. The molecule has 0 amide bonds. The maximum atomic E-state index is 4.16. The molecule has 0 fully saturated rings. The number of fused-ring (bicyclic) bond motifs is 1. The normalized spacial score (nSPS) is 11.4. The van der Waals surface area contributed by atoms with E-state index in [1.165, 1.54) is 11.1 Å². The minimum atomic E-state index is 0.731. The van der Waals surface area contributed by atoms with Crippen molar-refractivity contribution in [1.82, 2.24) is 15.0 Å². The van der Waals surface area contributed by atoms with Crippen LogP contribution in [0.5, 0.6) is 0 Å². The van der Waals surface area contributed by atoms with Crippen molar-refractivity contribution in [2.75, 3.05) is 0 Å². The van der Waals surface area contributed by atoms with E-state index in [0.717, 1.165) is 17.6 Å². The molecule has 0 aliphatic rings. The van der Waals surface area contributed by atoms with Gasteiger partial charge in [-0.25, -0.2) is 4.68 Å². The van der Waals surface area contributed by atoms with E-state index in [1.54, 1.807) is 0 Å². The molecule has 3 nitrogen and oxygen atoms in total. The second kappa shape index (κ2) is 5.06. The van der Waals surface area contributed by atoms with Gasteiger partial charge in [-0.3, -0.25) is 0 Å². The third-order valence-electron chi connectivity index (χ3n) is 3.09. The van der Waals surface area contributed by atoms with Crippen LogP contribution < -0.4 is 0 Å². The summed E-state index contributed by atoms with van der Waals surface area (Å²) < 4.78 is 1.90. The number of aryl methyl sites for hydroxylation is 1. The standard InChI is InChI=1S/C16H15N3/c1-13-8-10-14(11-9-13)5-4-12-19-16-7-3-2-6-15(16)17-18-19/h2-11H,12H2,1H3. The largest absolute Gasteiger partial charge is 0.241 e. The third kappa shape index (κ3) is 2.55. The van der Waals surface area contributed by atoms with E-state index in [0.29, 0.717) is 0 Å². The van der Waals surface area contributed by atoms with Crippen LogP contribution in [-0.4, -0.2) is 15.0 Å². The Bertz CT molecular complexity index is 708. The lowest BCUT2D eigenvalue weighted by atomic mass is 10.1. The highest BCUT2D eigenvalue weighted by Crippen LogP contribution is 2.10. The highest BCUT2D eigenvalue weighted by Gasteiger charge is 2.00. The number of benzene rings is 2. The Hall–Kier alpha value is -2.42. The van der Waals surface area contributed by atoms with Crippen LogP contribution in [-0.2, 0) is 6.54 Å². The SMILES string of the molecule is Cc1ccc(C=CCn2nnc3ccccc32)cc1. The summed E-state index contributed by atoms with van der Waals surface area (Å²) in [5.74, 6) is 0. The molecule has 1 heterocycles. The van der Waals surface area contributed by atoms with Crippen molar-refractivity contribution in [3.8, 4) is 0 Å². The number of allylic oxidation sites excluding steroid dienone is 1. The van der Waals surface area contributed by atoms with E-state index in [1.807, 2.05) is 28.9 Å². The van der Waals surface area contributed by atoms with Crippen molar-refractivity contribution >= 4 is 17.1 Å². The Labute approximate surface area is 112 Å². The molecule has 3 heteroatoms. The smallest absolute Gasteiger partial charge is 0.113 e. The molecular formula is C16H15N3. The fourth-order valence-electron chi connectivity index (χ4n) is 2.02. The Kier molecular flexibility index (Phi) is 3.11. The van der Waals surface area contributed by atoms with E-state index in [2.05, 4.69) is 53.7 Å². The van der Waals surface area contributed by atoms with Gasteiger partial charge in [-0.1, -0.05) is 59.3 Å². The van der Waals surface area contributed by atoms with Crippen LogP contribution in [0.15, 0.2) is 54.6 Å². The molecule has 1 aromatic heterocycles. The lowest BCUT2D eigenvalue weighted by Crippen LogP contribution is -1.97. The summed E-state index contributed by atoms with van der Waals surface area (Å²) in [7, 11) is 0. The Morgan fingerprint density at radius 2 is 1.84 bits per heavy atom. The lowest BCUT2D eigenvalue weighted by molar-refractivity contribution is 0.683. The summed E-state index contributed by atoms with van der Waals surface area (Å²) in [6.45, 7) is 2.82. The fourth-order valence-corrected chi connectivity index (χ4v) is 2.02. The van der Waals surface area contributed by atoms with Crippen molar-refractivity contribution < 1.29 is 0 Å². The van der Waals surface area contributed by atoms with Crippen LogP contribution >= 0.6 is 0 Å². The first-order valence-electron chi connectivity index (χ1n) is 6.34. The molecule has 0 atom stereocenters. The number of hydrogen-bond donors (Lipinski definition) is 0. The van der Waals surface area contributed by atoms with Crippen LogP contribution in [0, 0.1) is 6.92 Å². The van der Waals surface area contributed by atoms with Crippen LogP contribution in [0.3, 0.4) is 0 Å². The molecule has 0 N–H and O–H groups in total. The molecule has 0 bridgehead atoms. The van der Waals surface area contributed by atoms with Crippen LogP contribution in [0.4, 0.5) is 0 Å². The van der Waals surface area contributed by atoms with Gasteiger partial charge in [0.15, 0.2) is 0 Å². The number of nitrogens with zero attached hydrogens (tertiary/aromatic N) is 3. The first-order chi connectivity index (χ1) is 9.33. The molecule has 0 aliphatic carbocycles. The van der Waals surface area contributed by atoms with Gasteiger partial charge in [-0.15, -0.1) is 5.10 Å². The zero-order valence-corrected chi connectivity index (χ0v) is 10.8. The third-order valence-corrected chi connectivity index (χ3v) is 3.09. The van der Waals surface area contributed by atoms with Gasteiger partial charge in [0.2, 0.25) is 0 Å². The molecule has 0 unspecified atom stereocenters.